The molecule has 2 N–H and O–H groups in total. The van der Waals surface area contributed by atoms with Crippen LogP contribution < -0.4 is 10.6 Å². The molecule has 0 aliphatic heterocycles. The zero-order chi connectivity index (χ0) is 21.5. The SMILES string of the molecule is O=C(NC12CC3CC(CC(C3)C1)C2)c1ccccc1C(=O)NC12CC3CC(CC(C3)C1)C2. The van der Waals surface area contributed by atoms with Gasteiger partial charge in [-0.3, -0.25) is 9.59 Å². The molecule has 1 aromatic rings. The van der Waals surface area contributed by atoms with Crippen molar-refractivity contribution in [2.75, 3.05) is 0 Å². The van der Waals surface area contributed by atoms with Gasteiger partial charge in [0.15, 0.2) is 0 Å². The van der Waals surface area contributed by atoms with Crippen molar-refractivity contribution in [2.45, 2.75) is 88.1 Å². The van der Waals surface area contributed by atoms with E-state index in [1.54, 1.807) is 0 Å². The molecular weight excluding hydrogens is 396 g/mol. The smallest absolute Gasteiger partial charge is 0.252 e. The molecule has 8 aliphatic carbocycles. The molecule has 0 spiro atoms. The normalized spacial score (nSPS) is 45.1. The number of benzene rings is 1. The molecule has 0 saturated heterocycles. The average molecular weight is 433 g/mol. The molecule has 4 nitrogen and oxygen atoms in total. The highest BCUT2D eigenvalue weighted by atomic mass is 16.2. The second-order valence-corrected chi connectivity index (χ2v) is 12.8. The Morgan fingerprint density at radius 1 is 0.562 bits per heavy atom. The van der Waals surface area contributed by atoms with Crippen LogP contribution >= 0.6 is 0 Å². The van der Waals surface area contributed by atoms with E-state index in [4.69, 9.17) is 0 Å². The van der Waals surface area contributed by atoms with Crippen LogP contribution in [0.25, 0.3) is 0 Å². The highest BCUT2D eigenvalue weighted by Gasteiger charge is 2.53. The highest BCUT2D eigenvalue weighted by molar-refractivity contribution is 6.07. The number of hydrogen-bond acceptors (Lipinski definition) is 2. The number of carbonyl (C=O) groups is 2. The van der Waals surface area contributed by atoms with E-state index < -0.39 is 0 Å². The quantitative estimate of drug-likeness (QED) is 0.697. The summed E-state index contributed by atoms with van der Waals surface area (Å²) in [5.41, 5.74) is 1.06. The fourth-order valence-electron chi connectivity index (χ4n) is 10.0. The van der Waals surface area contributed by atoms with Crippen LogP contribution in [0.1, 0.15) is 97.8 Å². The van der Waals surface area contributed by atoms with Crippen LogP contribution in [0.3, 0.4) is 0 Å². The topological polar surface area (TPSA) is 58.2 Å². The second-order valence-electron chi connectivity index (χ2n) is 12.8. The summed E-state index contributed by atoms with van der Waals surface area (Å²) >= 11 is 0. The largest absolute Gasteiger partial charge is 0.347 e. The van der Waals surface area contributed by atoms with Crippen molar-refractivity contribution in [2.24, 2.45) is 35.5 Å². The van der Waals surface area contributed by atoms with Gasteiger partial charge < -0.3 is 10.6 Å². The molecule has 8 bridgehead atoms. The summed E-state index contributed by atoms with van der Waals surface area (Å²) in [6, 6.07) is 7.50. The molecule has 0 aromatic heterocycles. The first-order valence-electron chi connectivity index (χ1n) is 13.2. The monoisotopic (exact) mass is 432 g/mol. The van der Waals surface area contributed by atoms with Crippen molar-refractivity contribution < 1.29 is 9.59 Å². The number of carbonyl (C=O) groups excluding carboxylic acids is 2. The van der Waals surface area contributed by atoms with E-state index in [1.807, 2.05) is 24.3 Å². The Morgan fingerprint density at radius 2 is 0.844 bits per heavy atom. The van der Waals surface area contributed by atoms with Gasteiger partial charge in [0, 0.05) is 11.1 Å². The van der Waals surface area contributed by atoms with Crippen molar-refractivity contribution in [3.05, 3.63) is 35.4 Å². The van der Waals surface area contributed by atoms with Crippen LogP contribution in [0.2, 0.25) is 0 Å². The maximum Gasteiger partial charge on any atom is 0.252 e. The Kier molecular flexibility index (Phi) is 4.19. The maximum atomic E-state index is 13.5. The Morgan fingerprint density at radius 3 is 1.12 bits per heavy atom. The molecule has 170 valence electrons. The van der Waals surface area contributed by atoms with Gasteiger partial charge in [-0.2, -0.15) is 0 Å². The third kappa shape index (κ3) is 3.15. The van der Waals surface area contributed by atoms with E-state index >= 15 is 0 Å². The Bertz CT molecular complexity index is 818. The summed E-state index contributed by atoms with van der Waals surface area (Å²) in [4.78, 5) is 27.1. The molecule has 0 heterocycles. The minimum Gasteiger partial charge on any atom is -0.347 e. The first-order valence-corrected chi connectivity index (χ1v) is 13.2. The summed E-state index contributed by atoms with van der Waals surface area (Å²) < 4.78 is 0. The fourth-order valence-corrected chi connectivity index (χ4v) is 10.0. The zero-order valence-electron chi connectivity index (χ0n) is 19.1. The zero-order valence-corrected chi connectivity index (χ0v) is 19.1. The van der Waals surface area contributed by atoms with Crippen molar-refractivity contribution in [1.82, 2.24) is 10.6 Å². The molecule has 0 radical (unpaired) electrons. The molecule has 1 aromatic carbocycles. The van der Waals surface area contributed by atoms with Crippen molar-refractivity contribution in [1.29, 1.82) is 0 Å². The van der Waals surface area contributed by atoms with Gasteiger partial charge >= 0.3 is 0 Å². The second kappa shape index (κ2) is 6.84. The van der Waals surface area contributed by atoms with Crippen LogP contribution in [0.15, 0.2) is 24.3 Å². The molecule has 0 unspecified atom stereocenters. The van der Waals surface area contributed by atoms with Crippen LogP contribution in [-0.2, 0) is 0 Å². The molecule has 4 heteroatoms. The first-order chi connectivity index (χ1) is 15.5. The number of nitrogens with one attached hydrogen (secondary N) is 2. The van der Waals surface area contributed by atoms with Crippen molar-refractivity contribution in [3.63, 3.8) is 0 Å². The van der Waals surface area contributed by atoms with E-state index in [0.717, 1.165) is 74.0 Å². The van der Waals surface area contributed by atoms with Gasteiger partial charge in [0.25, 0.3) is 11.8 Å². The molecule has 8 saturated carbocycles. The number of hydrogen-bond donors (Lipinski definition) is 2. The summed E-state index contributed by atoms with van der Waals surface area (Å²) in [6.45, 7) is 0. The van der Waals surface area contributed by atoms with E-state index in [2.05, 4.69) is 10.6 Å². The van der Waals surface area contributed by atoms with E-state index in [0.29, 0.717) is 11.1 Å². The van der Waals surface area contributed by atoms with Gasteiger partial charge in [0.05, 0.1) is 11.1 Å². The van der Waals surface area contributed by atoms with Gasteiger partial charge in [-0.05, 0) is 125 Å². The minimum absolute atomic E-state index is 0.0324. The molecule has 8 aliphatic rings. The predicted molar refractivity (Wildman–Crippen MR) is 123 cm³/mol. The minimum atomic E-state index is -0.0387. The lowest BCUT2D eigenvalue weighted by molar-refractivity contribution is -0.0176. The number of rotatable bonds is 4. The van der Waals surface area contributed by atoms with Gasteiger partial charge in [-0.15, -0.1) is 0 Å². The van der Waals surface area contributed by atoms with Gasteiger partial charge in [-0.25, -0.2) is 0 Å². The summed E-state index contributed by atoms with van der Waals surface area (Å²) in [6.07, 6.45) is 14.9. The molecular formula is C28H36N2O2. The standard InChI is InChI=1S/C28H36N2O2/c31-25(29-27-11-17-5-18(12-27)7-19(6-17)13-27)23-3-1-2-4-24(23)26(32)30-28-14-20-8-21(15-28)10-22(9-20)16-28/h1-4,17-22H,5-16H2,(H,29,31)(H,30,32). The van der Waals surface area contributed by atoms with Gasteiger partial charge in [0.1, 0.15) is 0 Å². The Balaban J connectivity index is 1.12. The van der Waals surface area contributed by atoms with E-state index in [9.17, 15) is 9.59 Å². The molecule has 9 rings (SSSR count). The fraction of sp³-hybridized carbons (Fsp3) is 0.714. The Labute approximate surface area is 191 Å². The summed E-state index contributed by atoms with van der Waals surface area (Å²) in [7, 11) is 0. The Hall–Kier alpha value is -1.84. The lowest BCUT2D eigenvalue weighted by Crippen LogP contribution is -2.60. The average Bonchev–Trinajstić information content (AvgIpc) is 2.71. The van der Waals surface area contributed by atoms with E-state index in [1.165, 1.54) is 38.5 Å². The lowest BCUT2D eigenvalue weighted by atomic mass is 9.53. The third-order valence-corrected chi connectivity index (χ3v) is 10.3. The molecule has 2 amide bonds. The predicted octanol–water partition coefficient (Wildman–Crippen LogP) is 5.08. The van der Waals surface area contributed by atoms with Gasteiger partial charge in [-0.1, -0.05) is 12.1 Å². The molecule has 0 atom stereocenters. The third-order valence-electron chi connectivity index (χ3n) is 10.3. The van der Waals surface area contributed by atoms with Crippen LogP contribution in [0.5, 0.6) is 0 Å². The summed E-state index contributed by atoms with van der Waals surface area (Å²) in [5.74, 6) is 4.65. The maximum absolute atomic E-state index is 13.5. The van der Waals surface area contributed by atoms with E-state index in [-0.39, 0.29) is 22.9 Å². The van der Waals surface area contributed by atoms with Crippen molar-refractivity contribution in [3.8, 4) is 0 Å². The lowest BCUT2D eigenvalue weighted by Gasteiger charge is -2.57. The van der Waals surface area contributed by atoms with Gasteiger partial charge in [0.2, 0.25) is 0 Å². The summed E-state index contributed by atoms with van der Waals surface area (Å²) in [5, 5.41) is 6.95. The van der Waals surface area contributed by atoms with Crippen LogP contribution in [0, 0.1) is 35.5 Å². The highest BCUT2D eigenvalue weighted by Crippen LogP contribution is 2.56. The van der Waals surface area contributed by atoms with Crippen molar-refractivity contribution >= 4 is 11.8 Å². The van der Waals surface area contributed by atoms with Crippen LogP contribution in [0.4, 0.5) is 0 Å². The molecule has 32 heavy (non-hydrogen) atoms. The molecule has 8 fully saturated rings. The first kappa shape index (κ1) is 19.6. The van der Waals surface area contributed by atoms with Crippen LogP contribution in [-0.4, -0.2) is 22.9 Å². The number of amides is 2.